The summed E-state index contributed by atoms with van der Waals surface area (Å²) in [5.41, 5.74) is -0.753. The minimum atomic E-state index is -3.07. The van der Waals surface area contributed by atoms with Gasteiger partial charge in [-0.25, -0.2) is 8.42 Å². The van der Waals surface area contributed by atoms with Crippen LogP contribution in [0.4, 0.5) is 0 Å². The highest BCUT2D eigenvalue weighted by Gasteiger charge is 2.46. The molecule has 0 atom stereocenters. The summed E-state index contributed by atoms with van der Waals surface area (Å²) in [6.45, 7) is 2.46. The first-order valence-corrected chi connectivity index (χ1v) is 6.76. The van der Waals surface area contributed by atoms with Crippen molar-refractivity contribution in [2.45, 2.75) is 31.8 Å². The van der Waals surface area contributed by atoms with Gasteiger partial charge >= 0.3 is 0 Å². The Kier molecular flexibility index (Phi) is 2.36. The molecule has 0 aromatic rings. The number of hydrogen-bond donors (Lipinski definition) is 1. The van der Waals surface area contributed by atoms with Gasteiger partial charge in [0.1, 0.15) is 0 Å². The van der Waals surface area contributed by atoms with Gasteiger partial charge in [-0.3, -0.25) is 0 Å². The van der Waals surface area contributed by atoms with Crippen LogP contribution in [0.2, 0.25) is 0 Å². The first-order chi connectivity index (χ1) is 6.45. The number of sulfonamides is 1. The molecule has 0 unspecified atom stereocenters. The molecule has 82 valence electrons. The van der Waals surface area contributed by atoms with Crippen molar-refractivity contribution in [3.05, 3.63) is 0 Å². The first kappa shape index (κ1) is 10.4. The van der Waals surface area contributed by atoms with Gasteiger partial charge in [-0.15, -0.1) is 0 Å². The fraction of sp³-hybridized carbons (Fsp3) is 1.00. The van der Waals surface area contributed by atoms with E-state index in [2.05, 4.69) is 0 Å². The van der Waals surface area contributed by atoms with Crippen LogP contribution >= 0.6 is 0 Å². The van der Waals surface area contributed by atoms with Gasteiger partial charge in [0.25, 0.3) is 0 Å². The maximum absolute atomic E-state index is 11.7. The van der Waals surface area contributed by atoms with Crippen molar-refractivity contribution < 1.29 is 13.5 Å². The molecule has 2 rings (SSSR count). The summed E-state index contributed by atoms with van der Waals surface area (Å²) < 4.78 is 24.8. The Labute approximate surface area is 85.0 Å². The first-order valence-electron chi connectivity index (χ1n) is 5.15. The molecule has 2 fully saturated rings. The molecule has 5 heteroatoms. The molecular formula is C9H17NO3S. The summed E-state index contributed by atoms with van der Waals surface area (Å²) in [4.78, 5) is 0. The lowest BCUT2D eigenvalue weighted by Crippen LogP contribution is -2.63. The van der Waals surface area contributed by atoms with E-state index in [4.69, 9.17) is 0 Å². The van der Waals surface area contributed by atoms with Crippen LogP contribution in [0.25, 0.3) is 0 Å². The SMILES string of the molecule is CCC1(O)CN(S(=O)(=O)CC2CC2)C1. The fourth-order valence-corrected chi connectivity index (χ4v) is 3.73. The smallest absolute Gasteiger partial charge is 0.214 e. The Morgan fingerprint density at radius 3 is 2.43 bits per heavy atom. The Morgan fingerprint density at radius 1 is 1.43 bits per heavy atom. The second kappa shape index (κ2) is 3.18. The zero-order valence-electron chi connectivity index (χ0n) is 8.44. The summed E-state index contributed by atoms with van der Waals surface area (Å²) in [6, 6.07) is 0. The molecule has 1 N–H and O–H groups in total. The van der Waals surface area contributed by atoms with Crippen LogP contribution in [0.3, 0.4) is 0 Å². The van der Waals surface area contributed by atoms with Gasteiger partial charge in [0.15, 0.2) is 0 Å². The van der Waals surface area contributed by atoms with E-state index in [-0.39, 0.29) is 5.75 Å². The highest BCUT2D eigenvalue weighted by atomic mass is 32.2. The van der Waals surface area contributed by atoms with Crippen molar-refractivity contribution >= 4 is 10.0 Å². The van der Waals surface area contributed by atoms with Crippen LogP contribution in [-0.4, -0.2) is 42.3 Å². The number of β-amino-alcohol motifs (C(OH)–C–C–N with tert-alkyl or cyclic N) is 1. The average Bonchev–Trinajstić information content (AvgIpc) is 2.81. The van der Waals surface area contributed by atoms with E-state index in [0.29, 0.717) is 25.4 Å². The van der Waals surface area contributed by atoms with E-state index in [1.807, 2.05) is 6.92 Å². The molecule has 0 aromatic carbocycles. The summed E-state index contributed by atoms with van der Waals surface area (Å²) >= 11 is 0. The van der Waals surface area contributed by atoms with Gasteiger partial charge in [0.05, 0.1) is 11.4 Å². The molecule has 2 aliphatic rings. The van der Waals surface area contributed by atoms with E-state index >= 15 is 0 Å². The molecule has 1 aliphatic carbocycles. The lowest BCUT2D eigenvalue weighted by atomic mass is 9.94. The van der Waals surface area contributed by atoms with E-state index in [1.165, 1.54) is 4.31 Å². The topological polar surface area (TPSA) is 57.6 Å². The predicted octanol–water partition coefficient (Wildman–Crippen LogP) is 0.183. The average molecular weight is 219 g/mol. The molecule has 1 saturated heterocycles. The van der Waals surface area contributed by atoms with Crippen LogP contribution in [-0.2, 0) is 10.0 Å². The van der Waals surface area contributed by atoms with Crippen LogP contribution in [0.5, 0.6) is 0 Å². The standard InChI is InChI=1S/C9H17NO3S/c1-2-9(11)6-10(7-9)14(12,13)5-8-3-4-8/h8,11H,2-7H2,1H3. The number of aliphatic hydroxyl groups is 1. The Hall–Kier alpha value is -0.130. The number of hydrogen-bond acceptors (Lipinski definition) is 3. The van der Waals surface area contributed by atoms with E-state index in [9.17, 15) is 13.5 Å². The lowest BCUT2D eigenvalue weighted by molar-refractivity contribution is -0.0613. The molecule has 0 radical (unpaired) electrons. The van der Waals surface area contributed by atoms with Crippen molar-refractivity contribution in [1.82, 2.24) is 4.31 Å². The largest absolute Gasteiger partial charge is 0.387 e. The third-order valence-corrected chi connectivity index (χ3v) is 5.07. The minimum Gasteiger partial charge on any atom is -0.387 e. The van der Waals surface area contributed by atoms with Crippen LogP contribution < -0.4 is 0 Å². The summed E-state index contributed by atoms with van der Waals surface area (Å²) in [6.07, 6.45) is 2.72. The molecule has 1 saturated carbocycles. The molecular weight excluding hydrogens is 202 g/mol. The van der Waals surface area contributed by atoms with Crippen LogP contribution in [0, 0.1) is 5.92 Å². The predicted molar refractivity (Wildman–Crippen MR) is 53.3 cm³/mol. The number of rotatable bonds is 4. The maximum atomic E-state index is 11.7. The van der Waals surface area contributed by atoms with Crippen LogP contribution in [0.1, 0.15) is 26.2 Å². The van der Waals surface area contributed by atoms with Gasteiger partial charge in [0, 0.05) is 13.1 Å². The second-order valence-corrected chi connectivity index (χ2v) is 6.58. The van der Waals surface area contributed by atoms with E-state index in [1.54, 1.807) is 0 Å². The second-order valence-electron chi connectivity index (χ2n) is 4.57. The van der Waals surface area contributed by atoms with Gasteiger partial charge in [0.2, 0.25) is 10.0 Å². The minimum absolute atomic E-state index is 0.285. The van der Waals surface area contributed by atoms with Gasteiger partial charge in [-0.1, -0.05) is 6.92 Å². The molecule has 4 nitrogen and oxygen atoms in total. The fourth-order valence-electron chi connectivity index (χ4n) is 1.72. The molecule has 0 aromatic heterocycles. The Balaban J connectivity index is 1.91. The van der Waals surface area contributed by atoms with Crippen molar-refractivity contribution in [2.75, 3.05) is 18.8 Å². The monoisotopic (exact) mass is 219 g/mol. The molecule has 0 bridgehead atoms. The molecule has 1 heterocycles. The zero-order chi connectivity index (χ0) is 10.4. The third-order valence-electron chi connectivity index (χ3n) is 3.14. The zero-order valence-corrected chi connectivity index (χ0v) is 9.26. The van der Waals surface area contributed by atoms with Gasteiger partial charge in [-0.2, -0.15) is 4.31 Å². The maximum Gasteiger partial charge on any atom is 0.214 e. The van der Waals surface area contributed by atoms with Crippen LogP contribution in [0.15, 0.2) is 0 Å². The highest BCUT2D eigenvalue weighted by molar-refractivity contribution is 7.89. The van der Waals surface area contributed by atoms with Gasteiger partial charge in [-0.05, 0) is 25.2 Å². The van der Waals surface area contributed by atoms with Crippen molar-refractivity contribution in [3.8, 4) is 0 Å². The van der Waals surface area contributed by atoms with Crippen molar-refractivity contribution in [3.63, 3.8) is 0 Å². The summed E-state index contributed by atoms with van der Waals surface area (Å²) in [5.74, 6) is 0.669. The van der Waals surface area contributed by atoms with Crippen molar-refractivity contribution in [2.24, 2.45) is 5.92 Å². The molecule has 0 spiro atoms. The molecule has 1 aliphatic heterocycles. The molecule has 14 heavy (non-hydrogen) atoms. The Morgan fingerprint density at radius 2 is 2.00 bits per heavy atom. The highest BCUT2D eigenvalue weighted by Crippen LogP contribution is 2.34. The van der Waals surface area contributed by atoms with E-state index < -0.39 is 15.6 Å². The number of nitrogens with zero attached hydrogens (tertiary/aromatic N) is 1. The molecule has 0 amide bonds. The van der Waals surface area contributed by atoms with Gasteiger partial charge < -0.3 is 5.11 Å². The third kappa shape index (κ3) is 1.94. The summed E-state index contributed by atoms with van der Waals surface area (Å²) in [7, 11) is -3.07. The Bertz CT molecular complexity index is 315. The lowest BCUT2D eigenvalue weighted by Gasteiger charge is -2.44. The van der Waals surface area contributed by atoms with E-state index in [0.717, 1.165) is 12.8 Å². The normalized spacial score (nSPS) is 27.3. The van der Waals surface area contributed by atoms with Crippen molar-refractivity contribution in [1.29, 1.82) is 0 Å². The summed E-state index contributed by atoms with van der Waals surface area (Å²) in [5, 5.41) is 9.70. The quantitative estimate of drug-likeness (QED) is 0.734.